The summed E-state index contributed by atoms with van der Waals surface area (Å²) in [5.74, 6) is -1.30. The summed E-state index contributed by atoms with van der Waals surface area (Å²) < 4.78 is 20.1. The van der Waals surface area contributed by atoms with Gasteiger partial charge in [-0.3, -0.25) is 9.69 Å². The molecule has 0 radical (unpaired) electrons. The Morgan fingerprint density at radius 2 is 1.61 bits per heavy atom. The van der Waals surface area contributed by atoms with Crippen LogP contribution in [0.3, 0.4) is 0 Å². The van der Waals surface area contributed by atoms with Gasteiger partial charge in [-0.15, -0.1) is 0 Å². The third-order valence-electron chi connectivity index (χ3n) is 4.11. The van der Waals surface area contributed by atoms with Gasteiger partial charge in [0.1, 0.15) is 11.3 Å². The molecule has 1 unspecified atom stereocenters. The number of nitrogens with zero attached hydrogens (tertiary/aromatic N) is 1. The number of aliphatic hydroxyl groups is 1. The number of amides is 1. The van der Waals surface area contributed by atoms with Crippen LogP contribution in [0.25, 0.3) is 0 Å². The Balaban J connectivity index is 0.000000684. The zero-order chi connectivity index (χ0) is 22.4. The molecule has 1 fully saturated rings. The van der Waals surface area contributed by atoms with Gasteiger partial charge in [0.15, 0.2) is 6.04 Å². The molecule has 1 amide bonds. The van der Waals surface area contributed by atoms with Gasteiger partial charge in [0.05, 0.1) is 32.3 Å². The normalized spacial score (nSPS) is 23.0. The second kappa shape index (κ2) is 10.1. The summed E-state index contributed by atoms with van der Waals surface area (Å²) in [5, 5.41) is 8.82. The molecule has 0 saturated carbocycles. The molecule has 1 heterocycles. The Kier molecular flexibility index (Phi) is 9.39. The lowest BCUT2D eigenvalue weighted by Gasteiger charge is -2.34. The van der Waals surface area contributed by atoms with E-state index >= 15 is 0 Å². The van der Waals surface area contributed by atoms with E-state index in [1.165, 1.54) is 19.1 Å². The van der Waals surface area contributed by atoms with Crippen molar-refractivity contribution in [1.82, 2.24) is 4.90 Å². The molecule has 9 heteroatoms. The minimum atomic E-state index is -0.916. The molecule has 0 aromatic heterocycles. The van der Waals surface area contributed by atoms with Crippen molar-refractivity contribution in [2.24, 2.45) is 5.92 Å². The fourth-order valence-corrected chi connectivity index (χ4v) is 2.57. The fourth-order valence-electron chi connectivity index (χ4n) is 2.57. The van der Waals surface area contributed by atoms with E-state index in [2.05, 4.69) is 4.74 Å². The number of carbonyl (C=O) groups is 3. The van der Waals surface area contributed by atoms with Crippen LogP contribution in [0.15, 0.2) is 0 Å². The Morgan fingerprint density at radius 1 is 1.11 bits per heavy atom. The molecule has 164 valence electrons. The molecule has 0 aromatic carbocycles. The highest BCUT2D eigenvalue weighted by atomic mass is 16.6. The van der Waals surface area contributed by atoms with Gasteiger partial charge in [0.25, 0.3) is 0 Å². The molecule has 28 heavy (non-hydrogen) atoms. The van der Waals surface area contributed by atoms with Crippen LogP contribution >= 0.6 is 0 Å². The van der Waals surface area contributed by atoms with Crippen molar-refractivity contribution in [3.05, 3.63) is 0 Å². The third-order valence-corrected chi connectivity index (χ3v) is 4.11. The van der Waals surface area contributed by atoms with Gasteiger partial charge in [0, 0.05) is 0 Å². The molecule has 0 aromatic rings. The summed E-state index contributed by atoms with van der Waals surface area (Å²) in [5.41, 5.74) is -1.56. The molecular weight excluding hydrogens is 370 g/mol. The quantitative estimate of drug-likeness (QED) is 0.561. The van der Waals surface area contributed by atoms with Crippen LogP contribution in [-0.4, -0.2) is 71.8 Å². The summed E-state index contributed by atoms with van der Waals surface area (Å²) in [6, 6.07) is -0.796. The average Bonchev–Trinajstić information content (AvgIpc) is 2.80. The monoisotopic (exact) mass is 405 g/mol. The van der Waals surface area contributed by atoms with Crippen molar-refractivity contribution in [2.45, 2.75) is 85.0 Å². The molecule has 1 saturated heterocycles. The first-order chi connectivity index (χ1) is 12.6. The molecule has 4 atom stereocenters. The summed E-state index contributed by atoms with van der Waals surface area (Å²) in [6.45, 7) is 13.7. The molecule has 1 aliphatic heterocycles. The maximum atomic E-state index is 12.3. The van der Waals surface area contributed by atoms with E-state index in [-0.39, 0.29) is 5.97 Å². The standard InChI is InChI=1S/C13H23NO5.C6H12O3/c1-8-9(10(15)17-7)14(13(5,6)18-8)11(16)19-12(2,3)4;1-4(5(2)7)6(8)9-3/h8-9H,1-7H3;4-5,7H,1-3H3/t8-,9?;4-,5+/m10/s1. The zero-order valence-electron chi connectivity index (χ0n) is 18.6. The largest absolute Gasteiger partial charge is 0.469 e. The van der Waals surface area contributed by atoms with Gasteiger partial charge < -0.3 is 24.1 Å². The maximum absolute atomic E-state index is 12.3. The van der Waals surface area contributed by atoms with Crippen molar-refractivity contribution >= 4 is 18.0 Å². The van der Waals surface area contributed by atoms with Crippen LogP contribution in [0.4, 0.5) is 4.79 Å². The Bertz CT molecular complexity index is 553. The molecular formula is C19H35NO8. The minimum absolute atomic E-state index is 0.370. The first-order valence-corrected chi connectivity index (χ1v) is 9.12. The van der Waals surface area contributed by atoms with Crippen LogP contribution < -0.4 is 0 Å². The summed E-state index contributed by atoms with van der Waals surface area (Å²) in [7, 11) is 2.59. The highest BCUT2D eigenvalue weighted by Crippen LogP contribution is 2.34. The maximum Gasteiger partial charge on any atom is 0.413 e. The van der Waals surface area contributed by atoms with Gasteiger partial charge in [-0.25, -0.2) is 9.59 Å². The number of hydrogen-bond acceptors (Lipinski definition) is 8. The van der Waals surface area contributed by atoms with Crippen molar-refractivity contribution in [3.63, 3.8) is 0 Å². The average molecular weight is 405 g/mol. The van der Waals surface area contributed by atoms with Gasteiger partial charge in [-0.2, -0.15) is 0 Å². The first-order valence-electron chi connectivity index (χ1n) is 9.12. The molecule has 1 N–H and O–H groups in total. The molecule has 0 spiro atoms. The highest BCUT2D eigenvalue weighted by molar-refractivity contribution is 5.83. The minimum Gasteiger partial charge on any atom is -0.469 e. The van der Waals surface area contributed by atoms with Crippen LogP contribution in [0, 0.1) is 5.92 Å². The number of methoxy groups -OCH3 is 2. The van der Waals surface area contributed by atoms with E-state index in [0.29, 0.717) is 0 Å². The number of ether oxygens (including phenoxy) is 4. The van der Waals surface area contributed by atoms with Crippen LogP contribution in [0.5, 0.6) is 0 Å². The lowest BCUT2D eigenvalue weighted by molar-refractivity contribution is -0.148. The number of carbonyl (C=O) groups excluding carboxylic acids is 3. The predicted molar refractivity (Wildman–Crippen MR) is 101 cm³/mol. The summed E-state index contributed by atoms with van der Waals surface area (Å²) in [4.78, 5) is 36.0. The summed E-state index contributed by atoms with van der Waals surface area (Å²) >= 11 is 0. The summed E-state index contributed by atoms with van der Waals surface area (Å²) in [6.07, 6.45) is -1.66. The van der Waals surface area contributed by atoms with E-state index in [0.717, 1.165) is 0 Å². The van der Waals surface area contributed by atoms with Crippen molar-refractivity contribution in [2.75, 3.05) is 14.2 Å². The van der Waals surface area contributed by atoms with Gasteiger partial charge in [0.2, 0.25) is 0 Å². The molecule has 0 aliphatic carbocycles. The number of aliphatic hydroxyl groups excluding tert-OH is 1. The van der Waals surface area contributed by atoms with E-state index in [1.807, 2.05) is 0 Å². The molecule has 9 nitrogen and oxygen atoms in total. The Labute approximate surface area is 167 Å². The second-order valence-corrected chi connectivity index (χ2v) is 8.14. The number of esters is 2. The topological polar surface area (TPSA) is 112 Å². The second-order valence-electron chi connectivity index (χ2n) is 8.14. The number of rotatable bonds is 3. The van der Waals surface area contributed by atoms with Crippen LogP contribution in [-0.2, 0) is 28.5 Å². The highest BCUT2D eigenvalue weighted by Gasteiger charge is 2.53. The van der Waals surface area contributed by atoms with Crippen molar-refractivity contribution in [1.29, 1.82) is 0 Å². The zero-order valence-corrected chi connectivity index (χ0v) is 18.6. The Morgan fingerprint density at radius 3 is 1.93 bits per heavy atom. The van der Waals surface area contributed by atoms with Crippen molar-refractivity contribution in [3.8, 4) is 0 Å². The van der Waals surface area contributed by atoms with E-state index in [4.69, 9.17) is 19.3 Å². The number of hydrogen-bond donors (Lipinski definition) is 1. The molecule has 1 rings (SSSR count). The molecule has 1 aliphatic rings. The molecule has 0 bridgehead atoms. The smallest absolute Gasteiger partial charge is 0.413 e. The SMILES string of the molecule is COC(=O)C1[C@@H](C)OC(C)(C)N1C(=O)OC(C)(C)C.COC(=O)[C@@H](C)[C@@H](C)O. The predicted octanol–water partition coefficient (Wildman–Crippen LogP) is 2.10. The van der Waals surface area contributed by atoms with Gasteiger partial charge in [-0.1, -0.05) is 0 Å². The fraction of sp³-hybridized carbons (Fsp3) is 0.842. The van der Waals surface area contributed by atoms with E-state index in [9.17, 15) is 14.4 Å². The third kappa shape index (κ3) is 7.27. The van der Waals surface area contributed by atoms with Gasteiger partial charge in [-0.05, 0) is 55.4 Å². The lowest BCUT2D eigenvalue weighted by atomic mass is 10.1. The lowest BCUT2D eigenvalue weighted by Crippen LogP contribution is -2.53. The van der Waals surface area contributed by atoms with E-state index < -0.39 is 47.6 Å². The Hall–Kier alpha value is -1.87. The van der Waals surface area contributed by atoms with Gasteiger partial charge >= 0.3 is 18.0 Å². The van der Waals surface area contributed by atoms with Crippen LogP contribution in [0.1, 0.15) is 55.4 Å². The van der Waals surface area contributed by atoms with Crippen LogP contribution in [0.2, 0.25) is 0 Å². The van der Waals surface area contributed by atoms with E-state index in [1.54, 1.807) is 55.4 Å². The first kappa shape index (κ1) is 26.1. The van der Waals surface area contributed by atoms with Crippen molar-refractivity contribution < 1.29 is 38.4 Å².